The summed E-state index contributed by atoms with van der Waals surface area (Å²) in [7, 11) is 4.58. The van der Waals surface area contributed by atoms with Gasteiger partial charge in [0.05, 0.1) is 27.9 Å². The number of hydrogen-bond acceptors (Lipinski definition) is 5. The zero-order valence-electron chi connectivity index (χ0n) is 15.3. The maximum Gasteiger partial charge on any atom is 0.251 e. The molecule has 0 radical (unpaired) electrons. The molecule has 0 spiro atoms. The lowest BCUT2D eigenvalue weighted by molar-refractivity contribution is -0.120. The molecule has 0 fully saturated rings. The number of amides is 2. The lowest BCUT2D eigenvalue weighted by Gasteiger charge is -2.14. The maximum absolute atomic E-state index is 12.0. The molecule has 2 amide bonds. The molecule has 0 aliphatic rings. The topological polar surface area (TPSA) is 85.9 Å². The summed E-state index contributed by atoms with van der Waals surface area (Å²) < 4.78 is 15.8. The summed E-state index contributed by atoms with van der Waals surface area (Å²) in [5, 5.41) is 5.82. The number of rotatable bonds is 8. The molecule has 0 bridgehead atoms. The highest BCUT2D eigenvalue weighted by Gasteiger charge is 2.13. The van der Waals surface area contributed by atoms with Gasteiger partial charge in [-0.15, -0.1) is 0 Å². The molecule has 0 saturated heterocycles. The fourth-order valence-corrected chi connectivity index (χ4v) is 2.48. The van der Waals surface area contributed by atoms with Crippen LogP contribution in [0.25, 0.3) is 0 Å². The molecule has 0 atom stereocenters. The summed E-state index contributed by atoms with van der Waals surface area (Å²) in [5.41, 5.74) is 1.14. The van der Waals surface area contributed by atoms with Gasteiger partial charge in [-0.2, -0.15) is 0 Å². The summed E-state index contributed by atoms with van der Waals surface area (Å²) in [4.78, 5) is 24.0. The van der Waals surface area contributed by atoms with Crippen molar-refractivity contribution in [3.05, 3.63) is 52.5 Å². The molecule has 2 rings (SSSR count). The molecule has 144 valence electrons. The van der Waals surface area contributed by atoms with Gasteiger partial charge in [0.15, 0.2) is 11.5 Å². The van der Waals surface area contributed by atoms with Crippen LogP contribution in [0.1, 0.15) is 15.9 Å². The molecule has 27 heavy (non-hydrogen) atoms. The van der Waals surface area contributed by atoms with Crippen molar-refractivity contribution in [2.45, 2.75) is 6.54 Å². The smallest absolute Gasteiger partial charge is 0.251 e. The predicted molar refractivity (Wildman–Crippen MR) is 102 cm³/mol. The molecule has 2 N–H and O–H groups in total. The Morgan fingerprint density at radius 2 is 1.48 bits per heavy atom. The minimum absolute atomic E-state index is 0.156. The Labute approximate surface area is 162 Å². The molecular formula is C19H21ClN2O5. The summed E-state index contributed by atoms with van der Waals surface area (Å²) in [6.45, 7) is 0.0518. The van der Waals surface area contributed by atoms with E-state index in [9.17, 15) is 9.59 Å². The third-order valence-electron chi connectivity index (χ3n) is 3.78. The van der Waals surface area contributed by atoms with E-state index in [1.165, 1.54) is 21.3 Å². The molecule has 7 nitrogen and oxygen atoms in total. The summed E-state index contributed by atoms with van der Waals surface area (Å²) in [5.74, 6) is 0.913. The van der Waals surface area contributed by atoms with Crippen LogP contribution in [0.3, 0.4) is 0 Å². The number of methoxy groups -OCH3 is 3. The summed E-state index contributed by atoms with van der Waals surface area (Å²) in [6, 6.07) is 9.81. The molecule has 0 unspecified atom stereocenters. The Morgan fingerprint density at radius 1 is 0.889 bits per heavy atom. The van der Waals surface area contributed by atoms with Crippen LogP contribution in [-0.4, -0.2) is 39.7 Å². The lowest BCUT2D eigenvalue weighted by atomic mass is 10.1. The zero-order chi connectivity index (χ0) is 19.8. The molecular weight excluding hydrogens is 372 g/mol. The van der Waals surface area contributed by atoms with Gasteiger partial charge in [-0.05, 0) is 30.3 Å². The molecule has 0 heterocycles. The predicted octanol–water partition coefficient (Wildman–Crippen LogP) is 2.41. The van der Waals surface area contributed by atoms with Crippen molar-refractivity contribution in [1.29, 1.82) is 0 Å². The number of nitrogens with one attached hydrogen (secondary N) is 2. The van der Waals surface area contributed by atoms with Gasteiger partial charge in [-0.1, -0.05) is 11.6 Å². The van der Waals surface area contributed by atoms with Crippen LogP contribution in [0.15, 0.2) is 36.4 Å². The number of carbonyl (C=O) groups is 2. The van der Waals surface area contributed by atoms with Gasteiger partial charge in [0.2, 0.25) is 5.91 Å². The zero-order valence-corrected chi connectivity index (χ0v) is 16.1. The molecule has 0 saturated carbocycles. The van der Waals surface area contributed by atoms with E-state index >= 15 is 0 Å². The Kier molecular flexibility index (Phi) is 7.31. The molecule has 0 aliphatic heterocycles. The van der Waals surface area contributed by atoms with E-state index in [1.54, 1.807) is 36.4 Å². The van der Waals surface area contributed by atoms with Gasteiger partial charge in [0, 0.05) is 28.8 Å². The van der Waals surface area contributed by atoms with Gasteiger partial charge < -0.3 is 24.8 Å². The number of hydrogen-bond donors (Lipinski definition) is 2. The molecule has 2 aromatic rings. The Hall–Kier alpha value is -2.93. The second-order valence-electron chi connectivity index (χ2n) is 5.49. The Morgan fingerprint density at radius 3 is 2.07 bits per heavy atom. The molecule has 2 aromatic carbocycles. The Balaban J connectivity index is 1.93. The monoisotopic (exact) mass is 392 g/mol. The first-order valence-corrected chi connectivity index (χ1v) is 8.45. The van der Waals surface area contributed by atoms with Gasteiger partial charge in [0.25, 0.3) is 5.91 Å². The molecule has 0 aliphatic carbocycles. The highest BCUT2D eigenvalue weighted by Crippen LogP contribution is 2.34. The third kappa shape index (κ3) is 5.52. The van der Waals surface area contributed by atoms with E-state index in [1.807, 2.05) is 0 Å². The van der Waals surface area contributed by atoms with Gasteiger partial charge >= 0.3 is 0 Å². The standard InChI is InChI=1S/C19H21ClN2O5/c1-25-15-9-17(27-3)16(26-2)8-13(15)10-21-18(23)11-22-19(24)12-4-6-14(20)7-5-12/h4-9H,10-11H2,1-3H3,(H,21,23)(H,22,24). The van der Waals surface area contributed by atoms with Crippen LogP contribution >= 0.6 is 11.6 Å². The molecule has 8 heteroatoms. The van der Waals surface area contributed by atoms with Gasteiger partial charge in [0.1, 0.15) is 5.75 Å². The molecule has 0 aromatic heterocycles. The minimum Gasteiger partial charge on any atom is -0.496 e. The van der Waals surface area contributed by atoms with Crippen molar-refractivity contribution in [3.63, 3.8) is 0 Å². The van der Waals surface area contributed by atoms with E-state index in [0.29, 0.717) is 33.4 Å². The average molecular weight is 393 g/mol. The second-order valence-corrected chi connectivity index (χ2v) is 5.92. The van der Waals surface area contributed by atoms with E-state index in [2.05, 4.69) is 10.6 Å². The third-order valence-corrected chi connectivity index (χ3v) is 4.03. The van der Waals surface area contributed by atoms with Gasteiger partial charge in [-0.25, -0.2) is 0 Å². The highest BCUT2D eigenvalue weighted by molar-refractivity contribution is 6.30. The number of ether oxygens (including phenoxy) is 3. The van der Waals surface area contributed by atoms with Crippen LogP contribution in [0.4, 0.5) is 0 Å². The fraction of sp³-hybridized carbons (Fsp3) is 0.263. The van der Waals surface area contributed by atoms with E-state index in [4.69, 9.17) is 25.8 Å². The largest absolute Gasteiger partial charge is 0.496 e. The first-order chi connectivity index (χ1) is 13.0. The average Bonchev–Trinajstić information content (AvgIpc) is 2.70. The van der Waals surface area contributed by atoms with E-state index < -0.39 is 0 Å². The maximum atomic E-state index is 12.0. The SMILES string of the molecule is COc1cc(OC)c(OC)cc1CNC(=O)CNC(=O)c1ccc(Cl)cc1. The minimum atomic E-state index is -0.356. The van der Waals surface area contributed by atoms with Gasteiger partial charge in [-0.3, -0.25) is 9.59 Å². The van der Waals surface area contributed by atoms with E-state index in [0.717, 1.165) is 0 Å². The first-order valence-electron chi connectivity index (χ1n) is 8.07. The summed E-state index contributed by atoms with van der Waals surface area (Å²) >= 11 is 5.79. The first kappa shape index (κ1) is 20.4. The van der Waals surface area contributed by atoms with Crippen LogP contribution in [0, 0.1) is 0 Å². The fourth-order valence-electron chi connectivity index (χ4n) is 2.35. The quantitative estimate of drug-likeness (QED) is 0.720. The number of carbonyl (C=O) groups excluding carboxylic acids is 2. The van der Waals surface area contributed by atoms with Crippen LogP contribution in [0.5, 0.6) is 17.2 Å². The van der Waals surface area contributed by atoms with Crippen molar-refractivity contribution in [3.8, 4) is 17.2 Å². The van der Waals surface area contributed by atoms with Crippen LogP contribution < -0.4 is 24.8 Å². The van der Waals surface area contributed by atoms with Crippen LogP contribution in [-0.2, 0) is 11.3 Å². The lowest BCUT2D eigenvalue weighted by Crippen LogP contribution is -2.36. The highest BCUT2D eigenvalue weighted by atomic mass is 35.5. The second kappa shape index (κ2) is 9.68. The number of benzene rings is 2. The summed E-state index contributed by atoms with van der Waals surface area (Å²) in [6.07, 6.45) is 0. The van der Waals surface area contributed by atoms with Crippen molar-refractivity contribution in [1.82, 2.24) is 10.6 Å². The van der Waals surface area contributed by atoms with Crippen molar-refractivity contribution in [2.75, 3.05) is 27.9 Å². The normalized spacial score (nSPS) is 10.1. The van der Waals surface area contributed by atoms with Crippen LogP contribution in [0.2, 0.25) is 5.02 Å². The van der Waals surface area contributed by atoms with E-state index in [-0.39, 0.29) is 24.9 Å². The number of halogens is 1. The van der Waals surface area contributed by atoms with Crippen molar-refractivity contribution in [2.24, 2.45) is 0 Å². The van der Waals surface area contributed by atoms with Crippen molar-refractivity contribution < 1.29 is 23.8 Å². The van der Waals surface area contributed by atoms with Crippen molar-refractivity contribution >= 4 is 23.4 Å². The Bertz CT molecular complexity index is 808.